The van der Waals surface area contributed by atoms with E-state index in [4.69, 9.17) is 4.74 Å². The van der Waals surface area contributed by atoms with E-state index in [-0.39, 0.29) is 0 Å². The number of nitrogens with one attached hydrogen (secondary N) is 1. The molecule has 0 saturated heterocycles. The van der Waals surface area contributed by atoms with E-state index in [9.17, 15) is 5.11 Å². The molecule has 0 aliphatic heterocycles. The Kier molecular flexibility index (Phi) is 5.24. The predicted octanol–water partition coefficient (Wildman–Crippen LogP) is 3.56. The first kappa shape index (κ1) is 14.4. The summed E-state index contributed by atoms with van der Waals surface area (Å²) >= 11 is 5.20. The smallest absolute Gasteiger partial charge is 0.120 e. The number of thiophene rings is 1. The number of hydrogen-bond donors (Lipinski definition) is 2. The molecule has 102 valence electrons. The summed E-state index contributed by atoms with van der Waals surface area (Å²) in [7, 11) is 1.62. The van der Waals surface area contributed by atoms with Crippen molar-refractivity contribution in [3.05, 3.63) is 44.6 Å². The molecule has 0 aliphatic rings. The summed E-state index contributed by atoms with van der Waals surface area (Å²) in [5, 5.41) is 13.1. The zero-order valence-electron chi connectivity index (χ0n) is 10.6. The lowest BCUT2D eigenvalue weighted by atomic mass is 10.2. The number of ether oxygens (including phenoxy) is 1. The van der Waals surface area contributed by atoms with Gasteiger partial charge in [0, 0.05) is 23.5 Å². The summed E-state index contributed by atoms with van der Waals surface area (Å²) in [6, 6.07) is 9.45. The van der Waals surface area contributed by atoms with Crippen LogP contribution in [0.5, 0.6) is 11.5 Å². The maximum absolute atomic E-state index is 9.75. The van der Waals surface area contributed by atoms with Gasteiger partial charge in [-0.3, -0.25) is 0 Å². The Morgan fingerprint density at radius 1 is 1.32 bits per heavy atom. The van der Waals surface area contributed by atoms with Crippen LogP contribution in [0.1, 0.15) is 10.4 Å². The highest BCUT2D eigenvalue weighted by Gasteiger charge is 2.03. The summed E-state index contributed by atoms with van der Waals surface area (Å²) in [5.74, 6) is 1.06. The molecule has 19 heavy (non-hydrogen) atoms. The van der Waals surface area contributed by atoms with Crippen molar-refractivity contribution in [3.63, 3.8) is 0 Å². The van der Waals surface area contributed by atoms with Crippen LogP contribution in [0.2, 0.25) is 0 Å². The van der Waals surface area contributed by atoms with E-state index in [2.05, 4.69) is 33.4 Å². The average Bonchev–Trinajstić information content (AvgIpc) is 2.82. The van der Waals surface area contributed by atoms with Crippen molar-refractivity contribution >= 4 is 27.3 Å². The minimum absolute atomic E-state index is 0.298. The van der Waals surface area contributed by atoms with Crippen molar-refractivity contribution in [3.8, 4) is 11.5 Å². The number of hydrogen-bond acceptors (Lipinski definition) is 4. The lowest BCUT2D eigenvalue weighted by molar-refractivity contribution is 0.410. The van der Waals surface area contributed by atoms with Gasteiger partial charge in [-0.2, -0.15) is 0 Å². The van der Waals surface area contributed by atoms with E-state index < -0.39 is 0 Å². The highest BCUT2D eigenvalue weighted by molar-refractivity contribution is 9.11. The minimum Gasteiger partial charge on any atom is -0.508 e. The van der Waals surface area contributed by atoms with E-state index in [1.54, 1.807) is 30.6 Å². The topological polar surface area (TPSA) is 41.5 Å². The molecule has 0 bridgehead atoms. The Labute approximate surface area is 125 Å². The molecule has 5 heteroatoms. The van der Waals surface area contributed by atoms with Crippen molar-refractivity contribution < 1.29 is 9.84 Å². The average molecular weight is 342 g/mol. The molecule has 0 atom stereocenters. The molecular formula is C14H16BrNO2S. The Morgan fingerprint density at radius 3 is 2.84 bits per heavy atom. The van der Waals surface area contributed by atoms with E-state index in [0.29, 0.717) is 12.3 Å². The first-order chi connectivity index (χ1) is 9.19. The SMILES string of the molecule is COc1ccc(O)c(CNCCc2ccc(Br)s2)c1. The van der Waals surface area contributed by atoms with Crippen LogP contribution in [0.15, 0.2) is 34.1 Å². The largest absolute Gasteiger partial charge is 0.508 e. The van der Waals surface area contributed by atoms with E-state index in [0.717, 1.165) is 28.1 Å². The molecule has 0 fully saturated rings. The first-order valence-electron chi connectivity index (χ1n) is 6.00. The molecule has 0 amide bonds. The third-order valence-corrected chi connectivity index (χ3v) is 4.46. The molecule has 0 radical (unpaired) electrons. The standard InChI is InChI=1S/C14H16BrNO2S/c1-18-11-2-4-13(17)10(8-11)9-16-7-6-12-3-5-14(15)19-12/h2-5,8,16-17H,6-7,9H2,1H3. The number of phenols is 1. The minimum atomic E-state index is 0.298. The molecule has 0 unspecified atom stereocenters. The summed E-state index contributed by atoms with van der Waals surface area (Å²) in [5.41, 5.74) is 0.853. The van der Waals surface area contributed by atoms with Gasteiger partial charge in [0.05, 0.1) is 10.9 Å². The van der Waals surface area contributed by atoms with E-state index in [1.165, 1.54) is 4.88 Å². The fourth-order valence-corrected chi connectivity index (χ4v) is 3.23. The Bertz CT molecular complexity index is 542. The summed E-state index contributed by atoms with van der Waals surface area (Å²) in [6.07, 6.45) is 0.987. The van der Waals surface area contributed by atoms with Crippen LogP contribution in [-0.4, -0.2) is 18.8 Å². The van der Waals surface area contributed by atoms with Gasteiger partial charge in [-0.15, -0.1) is 11.3 Å². The molecule has 1 heterocycles. The summed E-state index contributed by atoms with van der Waals surface area (Å²) in [4.78, 5) is 1.34. The van der Waals surface area contributed by atoms with Crippen LogP contribution < -0.4 is 10.1 Å². The van der Waals surface area contributed by atoms with Crippen molar-refractivity contribution in [1.82, 2.24) is 5.32 Å². The third-order valence-electron chi connectivity index (χ3n) is 2.78. The monoisotopic (exact) mass is 341 g/mol. The fourth-order valence-electron chi connectivity index (χ4n) is 1.75. The highest BCUT2D eigenvalue weighted by Crippen LogP contribution is 2.23. The maximum atomic E-state index is 9.75. The molecule has 0 spiro atoms. The zero-order chi connectivity index (χ0) is 13.7. The van der Waals surface area contributed by atoms with Crippen molar-refractivity contribution in [2.75, 3.05) is 13.7 Å². The van der Waals surface area contributed by atoms with Crippen LogP contribution in [0.4, 0.5) is 0 Å². The number of aromatic hydroxyl groups is 1. The Hall–Kier alpha value is -1.04. The Morgan fingerprint density at radius 2 is 2.16 bits per heavy atom. The summed E-state index contributed by atoms with van der Waals surface area (Å²) in [6.45, 7) is 1.51. The van der Waals surface area contributed by atoms with Crippen LogP contribution in [0.25, 0.3) is 0 Å². The van der Waals surface area contributed by atoms with Gasteiger partial charge in [0.1, 0.15) is 11.5 Å². The van der Waals surface area contributed by atoms with Gasteiger partial charge in [-0.25, -0.2) is 0 Å². The van der Waals surface area contributed by atoms with Crippen molar-refractivity contribution in [2.24, 2.45) is 0 Å². The van der Waals surface area contributed by atoms with Gasteiger partial charge >= 0.3 is 0 Å². The molecule has 2 N–H and O–H groups in total. The van der Waals surface area contributed by atoms with Crippen molar-refractivity contribution in [2.45, 2.75) is 13.0 Å². The number of methoxy groups -OCH3 is 1. The van der Waals surface area contributed by atoms with Crippen LogP contribution in [0, 0.1) is 0 Å². The fraction of sp³-hybridized carbons (Fsp3) is 0.286. The second-order valence-electron chi connectivity index (χ2n) is 4.13. The third kappa shape index (κ3) is 4.23. The zero-order valence-corrected chi connectivity index (χ0v) is 13.1. The highest BCUT2D eigenvalue weighted by atomic mass is 79.9. The number of halogens is 1. The molecule has 2 rings (SSSR count). The summed E-state index contributed by atoms with van der Waals surface area (Å²) < 4.78 is 6.31. The van der Waals surface area contributed by atoms with E-state index >= 15 is 0 Å². The van der Waals surface area contributed by atoms with Gasteiger partial charge < -0.3 is 15.2 Å². The van der Waals surface area contributed by atoms with Crippen LogP contribution in [-0.2, 0) is 13.0 Å². The number of benzene rings is 1. The molecule has 0 saturated carbocycles. The lowest BCUT2D eigenvalue weighted by Gasteiger charge is -2.08. The molecule has 1 aromatic heterocycles. The number of rotatable bonds is 6. The second-order valence-corrected chi connectivity index (χ2v) is 6.67. The Balaban J connectivity index is 1.82. The van der Waals surface area contributed by atoms with Crippen LogP contribution in [0.3, 0.4) is 0 Å². The van der Waals surface area contributed by atoms with Gasteiger partial charge in [-0.1, -0.05) is 0 Å². The van der Waals surface area contributed by atoms with Gasteiger partial charge in [-0.05, 0) is 52.7 Å². The second kappa shape index (κ2) is 6.93. The molecular weight excluding hydrogens is 326 g/mol. The van der Waals surface area contributed by atoms with Gasteiger partial charge in [0.2, 0.25) is 0 Å². The van der Waals surface area contributed by atoms with Crippen LogP contribution >= 0.6 is 27.3 Å². The first-order valence-corrected chi connectivity index (χ1v) is 7.61. The molecule has 1 aromatic carbocycles. The molecule has 3 nitrogen and oxygen atoms in total. The van der Waals surface area contributed by atoms with Gasteiger partial charge in [0.25, 0.3) is 0 Å². The predicted molar refractivity (Wildman–Crippen MR) is 82.1 cm³/mol. The lowest BCUT2D eigenvalue weighted by Crippen LogP contribution is -2.16. The van der Waals surface area contributed by atoms with Gasteiger partial charge in [0.15, 0.2) is 0 Å². The normalized spacial score (nSPS) is 10.6. The molecule has 2 aromatic rings. The number of phenolic OH excluding ortho intramolecular Hbond substituents is 1. The quantitative estimate of drug-likeness (QED) is 0.789. The van der Waals surface area contributed by atoms with Crippen molar-refractivity contribution in [1.29, 1.82) is 0 Å². The van der Waals surface area contributed by atoms with E-state index in [1.807, 2.05) is 6.07 Å². The molecule has 0 aliphatic carbocycles. The maximum Gasteiger partial charge on any atom is 0.120 e.